The molecule has 7 fully saturated rings. The lowest BCUT2D eigenvalue weighted by Crippen LogP contribution is -2.86. The summed E-state index contributed by atoms with van der Waals surface area (Å²) in [6.45, 7) is 6.71. The second-order valence-corrected chi connectivity index (χ2v) is 15.8. The predicted molar refractivity (Wildman–Crippen MR) is 164 cm³/mol. The van der Waals surface area contributed by atoms with Gasteiger partial charge in [0.05, 0.1) is 57.4 Å². The molecule has 280 valence electrons. The number of ether oxygens (including phenoxy) is 9. The highest BCUT2D eigenvalue weighted by Crippen LogP contribution is 2.81. The molecule has 0 unspecified atom stereocenters. The van der Waals surface area contributed by atoms with E-state index in [4.69, 9.17) is 42.6 Å². The first-order valence-electron chi connectivity index (χ1n) is 17.2. The van der Waals surface area contributed by atoms with Crippen LogP contribution in [0.25, 0.3) is 0 Å². The number of methoxy groups -OCH3 is 2. The van der Waals surface area contributed by atoms with E-state index < -0.39 is 124 Å². The van der Waals surface area contributed by atoms with Crippen LogP contribution in [0.2, 0.25) is 0 Å². The molecule has 0 radical (unpaired) electrons. The first kappa shape index (κ1) is 34.9. The van der Waals surface area contributed by atoms with E-state index in [0.29, 0.717) is 0 Å². The van der Waals surface area contributed by atoms with Gasteiger partial charge in [0.15, 0.2) is 5.60 Å². The molecule has 4 bridgehead atoms. The molecule has 3 aliphatic carbocycles. The molecular formula is C35H44O16. The molecule has 5 aliphatic heterocycles. The molecule has 51 heavy (non-hydrogen) atoms. The molecule has 8 rings (SSSR count). The number of aliphatic hydroxyl groups is 3. The van der Waals surface area contributed by atoms with Crippen LogP contribution in [0, 0.1) is 34.0 Å². The van der Waals surface area contributed by atoms with E-state index in [1.165, 1.54) is 33.3 Å². The van der Waals surface area contributed by atoms with E-state index in [1.807, 2.05) is 0 Å². The molecule has 3 saturated carbocycles. The highest BCUT2D eigenvalue weighted by atomic mass is 16.8. The Hall–Kier alpha value is -3.12. The average molecular weight is 721 g/mol. The fourth-order valence-electron chi connectivity index (χ4n) is 12.2. The molecule has 16 heteroatoms. The van der Waals surface area contributed by atoms with E-state index in [9.17, 15) is 34.5 Å². The highest BCUT2D eigenvalue weighted by molar-refractivity contribution is 5.88. The van der Waals surface area contributed by atoms with Gasteiger partial charge in [-0.05, 0) is 33.3 Å². The summed E-state index contributed by atoms with van der Waals surface area (Å²) in [4.78, 5) is 54.8. The number of carbonyl (C=O) groups excluding carboxylic acids is 4. The largest absolute Gasteiger partial charge is 0.469 e. The molecule has 5 heterocycles. The van der Waals surface area contributed by atoms with Crippen LogP contribution < -0.4 is 0 Å². The summed E-state index contributed by atoms with van der Waals surface area (Å²) in [7, 11) is 2.30. The van der Waals surface area contributed by atoms with Crippen molar-refractivity contribution in [3.8, 4) is 0 Å². The lowest BCUT2D eigenvalue weighted by molar-refractivity contribution is -0.410. The van der Waals surface area contributed by atoms with Crippen molar-refractivity contribution in [2.24, 2.45) is 34.0 Å². The van der Waals surface area contributed by atoms with E-state index in [-0.39, 0.29) is 25.0 Å². The third-order valence-electron chi connectivity index (χ3n) is 14.2. The van der Waals surface area contributed by atoms with Crippen molar-refractivity contribution in [1.29, 1.82) is 0 Å². The molecule has 0 aromatic carbocycles. The molecular weight excluding hydrogens is 676 g/mol. The summed E-state index contributed by atoms with van der Waals surface area (Å²) in [5.41, 5.74) is -11.0. The molecule has 16 nitrogen and oxygen atoms in total. The number of allylic oxidation sites excluding steroid dienone is 1. The van der Waals surface area contributed by atoms with Gasteiger partial charge in [-0.3, -0.25) is 9.59 Å². The van der Waals surface area contributed by atoms with Gasteiger partial charge in [0.1, 0.15) is 28.8 Å². The Balaban J connectivity index is 1.42. The summed E-state index contributed by atoms with van der Waals surface area (Å²) in [6, 6.07) is 0. The van der Waals surface area contributed by atoms with Gasteiger partial charge < -0.3 is 58.0 Å². The molecule has 8 aliphatic rings. The quantitative estimate of drug-likeness (QED) is 0.191. The first-order chi connectivity index (χ1) is 23.9. The van der Waals surface area contributed by atoms with Crippen molar-refractivity contribution >= 4 is 23.9 Å². The number of carbonyl (C=O) groups is 4. The molecule has 0 aromatic heterocycles. The number of hydrogen-bond donors (Lipinski definition) is 3. The number of hydrogen-bond acceptors (Lipinski definition) is 16. The van der Waals surface area contributed by atoms with Crippen molar-refractivity contribution in [3.05, 3.63) is 24.0 Å². The van der Waals surface area contributed by atoms with Crippen molar-refractivity contribution in [2.45, 2.75) is 107 Å². The smallest absolute Gasteiger partial charge is 0.366 e. The van der Waals surface area contributed by atoms with E-state index in [1.54, 1.807) is 26.8 Å². The van der Waals surface area contributed by atoms with Gasteiger partial charge in [0, 0.05) is 42.1 Å². The third kappa shape index (κ3) is 3.56. The summed E-state index contributed by atoms with van der Waals surface area (Å²) >= 11 is 0. The molecule has 0 amide bonds. The molecule has 16 atom stereocenters. The van der Waals surface area contributed by atoms with Crippen LogP contribution in [0.4, 0.5) is 0 Å². The van der Waals surface area contributed by atoms with Crippen LogP contribution in [0.3, 0.4) is 0 Å². The maximum atomic E-state index is 14.4. The monoisotopic (exact) mass is 720 g/mol. The van der Waals surface area contributed by atoms with Gasteiger partial charge in [0.25, 0.3) is 5.79 Å². The standard InChI is InChI=1S/C35H44O16/c1-8-15(2)24(38)49-18-12-19(48-16(3)36)31(26(39)43-6)13-46-21-22(31)29(18,4)25-32(23(21)37)14-47-34(25,27(40)44-7)51-30(5)17-11-20(35(30,32)42)50-28-33(17,41)9-10-45-28/h8-10,17-23,25,28,37,41-42H,11-14H2,1-7H3/b15-8+/t17-,18-,19+,20-,21+,22+,23+,25+,28-,29-,30-,31-,32+,33-,34+,35-/m0/s1. The highest BCUT2D eigenvalue weighted by Gasteiger charge is 2.96. The maximum Gasteiger partial charge on any atom is 0.366 e. The molecule has 0 aromatic rings. The zero-order chi connectivity index (χ0) is 36.9. The minimum Gasteiger partial charge on any atom is -0.469 e. The van der Waals surface area contributed by atoms with Gasteiger partial charge in [0.2, 0.25) is 6.29 Å². The zero-order valence-corrected chi connectivity index (χ0v) is 29.4. The number of aliphatic hydroxyl groups excluding tert-OH is 1. The van der Waals surface area contributed by atoms with Crippen molar-refractivity contribution in [3.63, 3.8) is 0 Å². The Morgan fingerprint density at radius 2 is 1.67 bits per heavy atom. The number of rotatable bonds is 5. The Morgan fingerprint density at radius 3 is 2.31 bits per heavy atom. The topological polar surface area (TPSA) is 212 Å². The molecule has 3 N–H and O–H groups in total. The Bertz CT molecular complexity index is 1660. The van der Waals surface area contributed by atoms with Gasteiger partial charge in [-0.15, -0.1) is 0 Å². The lowest BCUT2D eigenvalue weighted by atomic mass is 9.35. The van der Waals surface area contributed by atoms with Gasteiger partial charge in [-0.25, -0.2) is 9.59 Å². The minimum absolute atomic E-state index is 0.0251. The number of fused-ring (bicyclic) bond motifs is 7. The molecule has 4 saturated heterocycles. The minimum atomic E-state index is -2.41. The summed E-state index contributed by atoms with van der Waals surface area (Å²) in [5, 5.41) is 38.5. The van der Waals surface area contributed by atoms with Crippen LogP contribution in [0.5, 0.6) is 0 Å². The summed E-state index contributed by atoms with van der Waals surface area (Å²) in [5.74, 6) is -9.30. The van der Waals surface area contributed by atoms with Gasteiger partial charge in [-0.1, -0.05) is 13.0 Å². The van der Waals surface area contributed by atoms with Crippen molar-refractivity contribution in [2.75, 3.05) is 27.4 Å². The van der Waals surface area contributed by atoms with Crippen LogP contribution >= 0.6 is 0 Å². The van der Waals surface area contributed by atoms with Crippen molar-refractivity contribution in [1.82, 2.24) is 0 Å². The van der Waals surface area contributed by atoms with Crippen molar-refractivity contribution < 1.29 is 77.1 Å². The molecule has 0 spiro atoms. The van der Waals surface area contributed by atoms with Crippen LogP contribution in [-0.4, -0.2) is 126 Å². The SMILES string of the molecule is C/C=C(\C)C(=O)O[C@H]1C[C@@H](OC(C)=O)[C@@]2(C(=O)OC)CO[C@H]3[C@@H](O)[C@@]45CO[C@@](C(=O)OC)(O[C@@]6(C)[C@@H]7C[C@H](O[C@@H]8OC=C[C@@]87O)[C@@]46O)[C@@H]5[C@]1(C)[C@@H]32. The Morgan fingerprint density at radius 1 is 0.961 bits per heavy atom. The zero-order valence-electron chi connectivity index (χ0n) is 29.4. The summed E-state index contributed by atoms with van der Waals surface area (Å²) in [6.07, 6.45) is -3.94. The van der Waals surface area contributed by atoms with Crippen LogP contribution in [0.15, 0.2) is 24.0 Å². The van der Waals surface area contributed by atoms with E-state index in [2.05, 4.69) is 0 Å². The average Bonchev–Trinajstić information content (AvgIpc) is 3.83. The maximum absolute atomic E-state index is 14.4. The second kappa shape index (κ2) is 10.5. The predicted octanol–water partition coefficient (Wildman–Crippen LogP) is -0.203. The first-order valence-corrected chi connectivity index (χ1v) is 17.2. The van der Waals surface area contributed by atoms with E-state index in [0.717, 1.165) is 7.11 Å². The third-order valence-corrected chi connectivity index (χ3v) is 14.2. The second-order valence-electron chi connectivity index (χ2n) is 15.8. The Labute approximate surface area is 293 Å². The lowest BCUT2D eigenvalue weighted by Gasteiger charge is -2.71. The fourth-order valence-corrected chi connectivity index (χ4v) is 12.2. The van der Waals surface area contributed by atoms with Crippen LogP contribution in [0.1, 0.15) is 47.5 Å². The van der Waals surface area contributed by atoms with Crippen LogP contribution in [-0.2, 0) is 61.8 Å². The fraction of sp³-hybridized carbons (Fsp3) is 0.771. The van der Waals surface area contributed by atoms with Gasteiger partial charge >= 0.3 is 23.9 Å². The Kier molecular flexibility index (Phi) is 7.20. The number of esters is 4. The normalized spacial score (nSPS) is 53.9. The van der Waals surface area contributed by atoms with Gasteiger partial charge in [-0.2, -0.15) is 0 Å². The summed E-state index contributed by atoms with van der Waals surface area (Å²) < 4.78 is 54.5. The van der Waals surface area contributed by atoms with E-state index >= 15 is 0 Å².